The van der Waals surface area contributed by atoms with Crippen LogP contribution in [0, 0.1) is 0 Å². The maximum absolute atomic E-state index is 7.62. The fourth-order valence-corrected chi connectivity index (χ4v) is 0.125. The third-order valence-corrected chi connectivity index (χ3v) is 0.312. The molecule has 0 aliphatic carbocycles. The Morgan fingerprint density at radius 2 is 2.88 bits per heavy atom. The Kier molecular flexibility index (Phi) is 0.573. The predicted octanol–water partition coefficient (Wildman–Crippen LogP) is 3.14. The van der Waals surface area contributed by atoms with Crippen LogP contribution in [0.1, 0.15) is 60.6 Å². The highest BCUT2D eigenvalue weighted by Gasteiger charge is 1.81. The van der Waals surface area contributed by atoms with Crippen molar-refractivity contribution in [3.05, 3.63) is 12.6 Å². The van der Waals surface area contributed by atoms with Crippen molar-refractivity contribution in [2.75, 3.05) is 0 Å². The van der Waals surface area contributed by atoms with Crippen molar-refractivity contribution < 1.29 is 21.9 Å². The Morgan fingerprint density at radius 3 is 3.62 bits per heavy atom. The van der Waals surface area contributed by atoms with Gasteiger partial charge in [-0.3, -0.25) is 0 Å². The molecule has 0 N–H and O–H groups in total. The van der Waals surface area contributed by atoms with Gasteiger partial charge in [-0.05, 0) is 12.7 Å². The minimum atomic E-state index is -4.08. The molecule has 8 heavy (non-hydrogen) atoms. The van der Waals surface area contributed by atoms with Crippen LogP contribution < -0.4 is 0 Å². The van der Waals surface area contributed by atoms with Crippen molar-refractivity contribution in [2.24, 2.45) is 0 Å². The summed E-state index contributed by atoms with van der Waals surface area (Å²) in [6.45, 7) is -5.18. The molecule has 0 saturated carbocycles. The number of allylic oxidation sites excluding steroid dienone is 1. The number of rotatable bonds is 5. The first-order chi connectivity index (χ1) is 10.1. The quantitative estimate of drug-likeness (QED) is 0.499. The molecule has 0 saturated heterocycles. The standard InChI is InChI=1S/C8H16/c1-3-5-7-8-6-4-2/h3H,1,4-8H2,2H3/i1D2,2D3,3D,4D2,5D2,6D2,7D2,8D2. The zero-order valence-electron chi connectivity index (χ0n) is 20.0. The van der Waals surface area contributed by atoms with Gasteiger partial charge in [0.1, 0.15) is 0 Å². The third-order valence-electron chi connectivity index (χ3n) is 0.312. The second kappa shape index (κ2) is 6.74. The second-order valence-electron chi connectivity index (χ2n) is 0.750. The fraction of sp³-hybridized carbons (Fsp3) is 0.750. The summed E-state index contributed by atoms with van der Waals surface area (Å²) >= 11 is 0. The smallest absolute Gasteiger partial charge is 0.0570 e. The summed E-state index contributed by atoms with van der Waals surface area (Å²) in [6, 6.07) is -1.60. The van der Waals surface area contributed by atoms with Crippen LogP contribution in [0.4, 0.5) is 0 Å². The summed E-state index contributed by atoms with van der Waals surface area (Å²) in [6.07, 6.45) is -19.7. The van der Waals surface area contributed by atoms with Gasteiger partial charge in [-0.2, -0.15) is 0 Å². The van der Waals surface area contributed by atoms with E-state index in [2.05, 4.69) is 0 Å². The van der Waals surface area contributed by atoms with E-state index < -0.39 is 51.3 Å². The summed E-state index contributed by atoms with van der Waals surface area (Å²) in [7, 11) is 0. The molecule has 0 aromatic carbocycles. The molecule has 0 rings (SSSR count). The van der Waals surface area contributed by atoms with Gasteiger partial charge in [0.05, 0.1) is 4.11 Å². The molecule has 0 spiro atoms. The van der Waals surface area contributed by atoms with Crippen LogP contribution in [0.3, 0.4) is 0 Å². The monoisotopic (exact) mass is 128 g/mol. The van der Waals surface area contributed by atoms with Gasteiger partial charge in [-0.1, -0.05) is 32.0 Å². The molecule has 0 aromatic heterocycles. The van der Waals surface area contributed by atoms with Crippen molar-refractivity contribution in [3.8, 4) is 0 Å². The normalized spacial score (nSPS) is 48.5. The topological polar surface area (TPSA) is 0 Å². The summed E-state index contributed by atoms with van der Waals surface area (Å²) in [5.41, 5.74) is 0. The molecule has 0 amide bonds. The maximum atomic E-state index is 7.62. The highest BCUT2D eigenvalue weighted by atomic mass is 13.9. The van der Waals surface area contributed by atoms with Crippen LogP contribution in [0.5, 0.6) is 0 Å². The molecule has 0 aliphatic rings. The lowest BCUT2D eigenvalue weighted by Gasteiger charge is -1.91. The molecule has 48 valence electrons. The van der Waals surface area contributed by atoms with E-state index in [4.69, 9.17) is 21.9 Å². The first kappa shape index (κ1) is 0.680. The molecule has 0 bridgehead atoms. The van der Waals surface area contributed by atoms with Gasteiger partial charge in [0.25, 0.3) is 0 Å². The predicted molar refractivity (Wildman–Crippen MR) is 39.0 cm³/mol. The molecular formula is C8H16. The molecule has 0 nitrogen and oxygen atoms in total. The maximum Gasteiger partial charge on any atom is 0.0570 e. The molecule has 0 heterocycles. The second-order valence-corrected chi connectivity index (χ2v) is 0.750. The van der Waals surface area contributed by atoms with Crippen LogP contribution in [-0.2, 0) is 0 Å². The molecule has 0 aliphatic heterocycles. The highest BCUT2D eigenvalue weighted by molar-refractivity contribution is 4.64. The lowest BCUT2D eigenvalue weighted by atomic mass is 10.2. The van der Waals surface area contributed by atoms with Crippen LogP contribution in [0.2, 0.25) is 0 Å². The van der Waals surface area contributed by atoms with E-state index in [1.165, 1.54) is 0 Å². The van der Waals surface area contributed by atoms with Crippen molar-refractivity contribution in [2.45, 2.75) is 38.7 Å². The molecular weight excluding hydrogens is 96.1 g/mol. The zero-order chi connectivity index (χ0) is 20.2. The van der Waals surface area contributed by atoms with Gasteiger partial charge in [-0.25, -0.2) is 0 Å². The summed E-state index contributed by atoms with van der Waals surface area (Å²) in [4.78, 5) is 0. The first-order valence-electron chi connectivity index (χ1n) is 9.75. The van der Waals surface area contributed by atoms with E-state index in [9.17, 15) is 0 Å². The van der Waals surface area contributed by atoms with E-state index in [1.807, 2.05) is 0 Å². The highest BCUT2D eigenvalue weighted by Crippen LogP contribution is 2.01. The molecule has 0 atom stereocenters. The molecule has 0 aromatic rings. The van der Waals surface area contributed by atoms with E-state index in [0.29, 0.717) is 0 Å². The number of hydrogen-bond acceptors (Lipinski definition) is 0. The number of hydrogen-bond donors (Lipinski definition) is 0. The molecule has 0 radical (unpaired) electrons. The lowest BCUT2D eigenvalue weighted by Crippen LogP contribution is -1.71. The molecule has 0 heteroatoms. The minimum absolute atomic E-state index is 1.49. The Bertz CT molecular complexity index is 503. The van der Waals surface area contributed by atoms with Crippen LogP contribution in [-0.4, -0.2) is 0 Å². The van der Waals surface area contributed by atoms with Gasteiger partial charge in [0.2, 0.25) is 0 Å². The molecule has 0 unspecified atom stereocenters. The van der Waals surface area contributed by atoms with E-state index >= 15 is 0 Å². The summed E-state index contributed by atoms with van der Waals surface area (Å²) < 4.78 is 117. The van der Waals surface area contributed by atoms with Crippen LogP contribution in [0.15, 0.2) is 12.6 Å². The van der Waals surface area contributed by atoms with Gasteiger partial charge in [0, 0.05) is 17.8 Å². The van der Waals surface area contributed by atoms with Crippen molar-refractivity contribution >= 4 is 0 Å². The summed E-state index contributed by atoms with van der Waals surface area (Å²) in [5.74, 6) is 0. The van der Waals surface area contributed by atoms with Gasteiger partial charge in [0.15, 0.2) is 0 Å². The van der Waals surface area contributed by atoms with E-state index in [-0.39, 0.29) is 0 Å². The largest absolute Gasteiger partial charge is 0.103 e. The average molecular weight is 128 g/mol. The first-order valence-corrected chi connectivity index (χ1v) is 1.75. The van der Waals surface area contributed by atoms with Crippen LogP contribution >= 0.6 is 0 Å². The minimum Gasteiger partial charge on any atom is -0.103 e. The van der Waals surface area contributed by atoms with Gasteiger partial charge >= 0.3 is 0 Å². The molecule has 0 fully saturated rings. The fourth-order valence-electron chi connectivity index (χ4n) is 0.125. The van der Waals surface area contributed by atoms with E-state index in [1.54, 1.807) is 0 Å². The van der Waals surface area contributed by atoms with Crippen LogP contribution in [0.25, 0.3) is 0 Å². The zero-order valence-corrected chi connectivity index (χ0v) is 4.00. The summed E-state index contributed by atoms with van der Waals surface area (Å²) in [5, 5.41) is 0. The van der Waals surface area contributed by atoms with E-state index in [0.717, 1.165) is 0 Å². The Balaban J connectivity index is 6.47. The van der Waals surface area contributed by atoms with Crippen molar-refractivity contribution in [1.29, 1.82) is 0 Å². The SMILES string of the molecule is [2H]C([2H])=C([2H])C([2H])([2H])C([2H])([2H])C([2H])([2H])C([2H])([2H])C([2H])([2H])C([2H])([2H])[2H]. The van der Waals surface area contributed by atoms with Crippen molar-refractivity contribution in [1.82, 2.24) is 0 Å². The Hall–Kier alpha value is -0.260. The third kappa shape index (κ3) is 5.74. The van der Waals surface area contributed by atoms with Crippen molar-refractivity contribution in [3.63, 3.8) is 0 Å². The lowest BCUT2D eigenvalue weighted by molar-refractivity contribution is 0.675. The van der Waals surface area contributed by atoms with Gasteiger partial charge < -0.3 is 0 Å². The Labute approximate surface area is 75.1 Å². The van der Waals surface area contributed by atoms with Gasteiger partial charge in [-0.15, -0.1) is 6.53 Å². The average Bonchev–Trinajstić information content (AvgIpc) is 2.35. The Morgan fingerprint density at radius 1 is 1.88 bits per heavy atom.